The van der Waals surface area contributed by atoms with Gasteiger partial charge in [0, 0.05) is 31.8 Å². The van der Waals surface area contributed by atoms with Gasteiger partial charge in [-0.25, -0.2) is 4.98 Å². The topological polar surface area (TPSA) is 69.7 Å². The molecule has 4 aromatic rings. The van der Waals surface area contributed by atoms with Gasteiger partial charge in [-0.15, -0.1) is 0 Å². The average molecular weight is 514 g/mol. The van der Waals surface area contributed by atoms with Crippen LogP contribution in [0, 0.1) is 0 Å². The van der Waals surface area contributed by atoms with E-state index < -0.39 is 11.7 Å². The summed E-state index contributed by atoms with van der Waals surface area (Å²) in [6.07, 6.45) is -3.19. The lowest BCUT2D eigenvalue weighted by molar-refractivity contribution is -0.137. The molecule has 0 radical (unpaired) electrons. The van der Waals surface area contributed by atoms with Gasteiger partial charge in [0.25, 0.3) is 5.91 Å². The summed E-state index contributed by atoms with van der Waals surface area (Å²) >= 11 is 0. The number of imidazole rings is 1. The van der Waals surface area contributed by atoms with Crippen LogP contribution < -0.4 is 4.74 Å². The zero-order valence-electron chi connectivity index (χ0n) is 20.4. The van der Waals surface area contributed by atoms with Gasteiger partial charge in [0.05, 0.1) is 23.7 Å². The van der Waals surface area contributed by atoms with Crippen LogP contribution in [0.4, 0.5) is 13.2 Å². The highest BCUT2D eigenvalue weighted by molar-refractivity contribution is 5.92. The summed E-state index contributed by atoms with van der Waals surface area (Å²) in [7, 11) is 3.12. The summed E-state index contributed by atoms with van der Waals surface area (Å²) in [5.74, 6) is 1.96. The Kier molecular flexibility index (Phi) is 6.68. The lowest BCUT2D eigenvalue weighted by atomic mass is 10.0. The van der Waals surface area contributed by atoms with E-state index in [1.807, 2.05) is 28.8 Å². The molecule has 2 aromatic carbocycles. The molecule has 1 aliphatic rings. The molecule has 0 N–H and O–H groups in total. The number of hydrogen-bond acceptors (Lipinski definition) is 5. The Bertz CT molecular complexity index is 1400. The van der Waals surface area contributed by atoms with Crippen LogP contribution in [-0.2, 0) is 17.5 Å². The molecule has 3 heterocycles. The molecule has 1 aliphatic heterocycles. The second-order valence-corrected chi connectivity index (χ2v) is 8.95. The lowest BCUT2D eigenvalue weighted by Gasteiger charge is -2.33. The van der Waals surface area contributed by atoms with Crippen molar-refractivity contribution in [3.05, 3.63) is 71.7 Å². The van der Waals surface area contributed by atoms with Crippen LogP contribution in [-0.4, -0.2) is 47.7 Å². The molecular formula is C27H26F3N3O4. The van der Waals surface area contributed by atoms with Crippen molar-refractivity contribution >= 4 is 16.9 Å². The molecule has 37 heavy (non-hydrogen) atoms. The van der Waals surface area contributed by atoms with Crippen molar-refractivity contribution < 1.29 is 31.9 Å². The first-order chi connectivity index (χ1) is 17.8. The maximum Gasteiger partial charge on any atom is 0.416 e. The first kappa shape index (κ1) is 24.9. The van der Waals surface area contributed by atoms with Crippen molar-refractivity contribution in [1.82, 2.24) is 14.5 Å². The highest BCUT2D eigenvalue weighted by atomic mass is 19.4. The molecular weight excluding hydrogens is 487 g/mol. The Labute approximate surface area is 211 Å². The van der Waals surface area contributed by atoms with Crippen LogP contribution in [0.25, 0.3) is 22.4 Å². The van der Waals surface area contributed by atoms with E-state index in [0.717, 1.165) is 23.4 Å². The molecule has 0 aliphatic carbocycles. The lowest BCUT2D eigenvalue weighted by Crippen LogP contribution is -2.39. The SMILES string of the molecule is COCc1nc2cc(C(F)(F)F)ccc2n1C1CCN(C(=O)c2ccc(-c3ccc(OC)cc3)o2)CC1. The Morgan fingerprint density at radius 3 is 2.43 bits per heavy atom. The van der Waals surface area contributed by atoms with E-state index in [4.69, 9.17) is 13.9 Å². The Morgan fingerprint density at radius 1 is 1.05 bits per heavy atom. The maximum absolute atomic E-state index is 13.2. The second-order valence-electron chi connectivity index (χ2n) is 8.95. The van der Waals surface area contributed by atoms with Gasteiger partial charge in [0.15, 0.2) is 5.76 Å². The predicted molar refractivity (Wildman–Crippen MR) is 130 cm³/mol. The van der Waals surface area contributed by atoms with E-state index in [0.29, 0.717) is 43.0 Å². The Morgan fingerprint density at radius 2 is 1.78 bits per heavy atom. The van der Waals surface area contributed by atoms with Gasteiger partial charge >= 0.3 is 6.18 Å². The number of piperidine rings is 1. The molecule has 0 bridgehead atoms. The summed E-state index contributed by atoms with van der Waals surface area (Å²) in [5, 5.41) is 0. The van der Waals surface area contributed by atoms with E-state index in [9.17, 15) is 18.0 Å². The highest BCUT2D eigenvalue weighted by Gasteiger charge is 2.32. The molecule has 1 amide bonds. The minimum absolute atomic E-state index is 0.0256. The molecule has 194 valence electrons. The number of carbonyl (C=O) groups excluding carboxylic acids is 1. The first-order valence-electron chi connectivity index (χ1n) is 11.9. The number of carbonyl (C=O) groups is 1. The molecule has 0 saturated carbocycles. The number of fused-ring (bicyclic) bond motifs is 1. The number of benzene rings is 2. The number of amides is 1. The van der Waals surface area contributed by atoms with Crippen molar-refractivity contribution in [2.75, 3.05) is 27.3 Å². The third kappa shape index (κ3) is 4.93. The zero-order chi connectivity index (χ0) is 26.2. The number of ether oxygens (including phenoxy) is 2. The molecule has 0 spiro atoms. The maximum atomic E-state index is 13.2. The summed E-state index contributed by atoms with van der Waals surface area (Å²) in [6, 6.07) is 14.4. The molecule has 2 aromatic heterocycles. The van der Waals surface area contributed by atoms with Gasteiger partial charge in [-0.2, -0.15) is 13.2 Å². The average Bonchev–Trinajstić information content (AvgIpc) is 3.53. The summed E-state index contributed by atoms with van der Waals surface area (Å²) in [5.41, 5.74) is 1.01. The monoisotopic (exact) mass is 513 g/mol. The van der Waals surface area contributed by atoms with Gasteiger partial charge in [0.1, 0.15) is 23.9 Å². The third-order valence-electron chi connectivity index (χ3n) is 6.67. The van der Waals surface area contributed by atoms with Gasteiger partial charge in [-0.3, -0.25) is 4.79 Å². The Balaban J connectivity index is 1.31. The number of hydrogen-bond donors (Lipinski definition) is 0. The number of aromatic nitrogens is 2. The number of nitrogens with zero attached hydrogens (tertiary/aromatic N) is 3. The normalized spacial score (nSPS) is 14.9. The highest BCUT2D eigenvalue weighted by Crippen LogP contribution is 2.35. The van der Waals surface area contributed by atoms with Crippen molar-refractivity contribution in [1.29, 1.82) is 0 Å². The van der Waals surface area contributed by atoms with Crippen LogP contribution in [0.3, 0.4) is 0 Å². The van der Waals surface area contributed by atoms with Crippen molar-refractivity contribution in [2.45, 2.75) is 31.7 Å². The summed E-state index contributed by atoms with van der Waals surface area (Å²) in [4.78, 5) is 19.3. The molecule has 0 atom stereocenters. The zero-order valence-corrected chi connectivity index (χ0v) is 20.4. The number of furan rings is 1. The molecule has 7 nitrogen and oxygen atoms in total. The van der Waals surface area contributed by atoms with Gasteiger partial charge in [-0.05, 0) is 67.4 Å². The smallest absolute Gasteiger partial charge is 0.416 e. The van der Waals surface area contributed by atoms with E-state index in [-0.39, 0.29) is 29.8 Å². The van der Waals surface area contributed by atoms with Gasteiger partial charge in [0.2, 0.25) is 0 Å². The van der Waals surface area contributed by atoms with Crippen molar-refractivity contribution in [2.24, 2.45) is 0 Å². The standard InChI is InChI=1S/C27H26F3N3O4/c1-35-16-25-31-21-15-18(27(28,29)30)5-8-22(21)33(25)19-11-13-32(14-12-19)26(34)24-10-9-23(37-24)17-3-6-20(36-2)7-4-17/h3-10,15,19H,11-14,16H2,1-2H3. The minimum Gasteiger partial charge on any atom is -0.497 e. The van der Waals surface area contributed by atoms with E-state index in [2.05, 4.69) is 4.98 Å². The number of likely N-dealkylation sites (tertiary alicyclic amines) is 1. The van der Waals surface area contributed by atoms with E-state index >= 15 is 0 Å². The van der Waals surface area contributed by atoms with Crippen molar-refractivity contribution in [3.8, 4) is 17.1 Å². The van der Waals surface area contributed by atoms with E-state index in [1.165, 1.54) is 13.2 Å². The predicted octanol–water partition coefficient (Wildman–Crippen LogP) is 5.95. The van der Waals surface area contributed by atoms with Crippen LogP contribution in [0.1, 0.15) is 40.8 Å². The second kappa shape index (κ2) is 9.93. The van der Waals surface area contributed by atoms with Crippen LogP contribution in [0.2, 0.25) is 0 Å². The summed E-state index contributed by atoms with van der Waals surface area (Å²) in [6.45, 7) is 1.14. The largest absolute Gasteiger partial charge is 0.497 e. The fraction of sp³-hybridized carbons (Fsp3) is 0.333. The summed E-state index contributed by atoms with van der Waals surface area (Å²) < 4.78 is 57.9. The van der Waals surface area contributed by atoms with Crippen LogP contribution >= 0.6 is 0 Å². The van der Waals surface area contributed by atoms with Crippen molar-refractivity contribution in [3.63, 3.8) is 0 Å². The fourth-order valence-corrected chi connectivity index (χ4v) is 4.81. The Hall–Kier alpha value is -3.79. The quantitative estimate of drug-likeness (QED) is 0.319. The third-order valence-corrected chi connectivity index (χ3v) is 6.67. The minimum atomic E-state index is -4.44. The molecule has 10 heteroatoms. The number of rotatable bonds is 6. The van der Waals surface area contributed by atoms with Gasteiger partial charge < -0.3 is 23.4 Å². The number of alkyl halides is 3. The fourth-order valence-electron chi connectivity index (χ4n) is 4.81. The molecule has 1 fully saturated rings. The van der Waals surface area contributed by atoms with Crippen LogP contribution in [0.15, 0.2) is 59.0 Å². The first-order valence-corrected chi connectivity index (χ1v) is 11.9. The molecule has 1 saturated heterocycles. The van der Waals surface area contributed by atoms with Crippen LogP contribution in [0.5, 0.6) is 5.75 Å². The van der Waals surface area contributed by atoms with Gasteiger partial charge in [-0.1, -0.05) is 0 Å². The number of methoxy groups -OCH3 is 2. The molecule has 0 unspecified atom stereocenters. The number of halogens is 3. The molecule has 5 rings (SSSR count). The van der Waals surface area contributed by atoms with E-state index in [1.54, 1.807) is 24.1 Å².